The molecule has 1 saturated heterocycles. The predicted octanol–water partition coefficient (Wildman–Crippen LogP) is 2.58. The molecule has 1 aliphatic heterocycles. The lowest BCUT2D eigenvalue weighted by atomic mass is 10.1. The van der Waals surface area contributed by atoms with Gasteiger partial charge >= 0.3 is 5.97 Å². The van der Waals surface area contributed by atoms with E-state index in [1.807, 2.05) is 0 Å². The Balaban J connectivity index is 1.49. The second-order valence-corrected chi connectivity index (χ2v) is 8.18. The van der Waals surface area contributed by atoms with Crippen molar-refractivity contribution in [2.24, 2.45) is 0 Å². The molecule has 180 valence electrons. The molecule has 0 radical (unpaired) electrons. The zero-order valence-electron chi connectivity index (χ0n) is 18.0. The summed E-state index contributed by atoms with van der Waals surface area (Å²) in [6.07, 6.45) is -1.09. The molecule has 11 heteroatoms. The molecule has 1 aliphatic rings. The number of aliphatic hydroxyl groups is 1. The van der Waals surface area contributed by atoms with Crippen LogP contribution in [0.1, 0.15) is 27.1 Å². The van der Waals surface area contributed by atoms with Gasteiger partial charge in [0, 0.05) is 24.3 Å². The summed E-state index contributed by atoms with van der Waals surface area (Å²) in [4.78, 5) is 50.5. The van der Waals surface area contributed by atoms with E-state index in [0.29, 0.717) is 17.3 Å². The van der Waals surface area contributed by atoms with Crippen molar-refractivity contribution in [2.75, 3.05) is 38.2 Å². The van der Waals surface area contributed by atoms with E-state index in [0.717, 1.165) is 0 Å². The first-order valence-corrected chi connectivity index (χ1v) is 11.1. The number of aliphatic hydroxyl groups excluding tert-OH is 1. The highest BCUT2D eigenvalue weighted by Gasteiger charge is 2.31. The monoisotopic (exact) mass is 508 g/mol. The van der Waals surface area contributed by atoms with Gasteiger partial charge in [-0.05, 0) is 42.5 Å². The van der Waals surface area contributed by atoms with E-state index in [-0.39, 0.29) is 48.2 Å². The van der Waals surface area contributed by atoms with Gasteiger partial charge in [0.05, 0.1) is 35.2 Å². The Labute approximate surface area is 205 Å². The minimum atomic E-state index is -0.914. The quantitative estimate of drug-likeness (QED) is 0.394. The number of anilines is 1. The zero-order valence-corrected chi connectivity index (χ0v) is 19.5. The molecule has 34 heavy (non-hydrogen) atoms. The highest BCUT2D eigenvalue weighted by atomic mass is 35.5. The number of Topliss-reactive ketones (excluding diaryl/α,β-unsaturated/α-hetero) is 1. The third-order valence-electron chi connectivity index (χ3n) is 4.99. The van der Waals surface area contributed by atoms with E-state index in [1.165, 1.54) is 47.4 Å². The maximum absolute atomic E-state index is 12.3. The molecule has 0 aliphatic carbocycles. The Morgan fingerprint density at radius 1 is 1.09 bits per heavy atom. The number of ether oxygens (including phenoxy) is 2. The summed E-state index contributed by atoms with van der Waals surface area (Å²) in [7, 11) is 0. The molecular formula is C23H22Cl2N2O7. The minimum Gasteiger partial charge on any atom is -0.454 e. The van der Waals surface area contributed by atoms with Crippen molar-refractivity contribution in [1.82, 2.24) is 4.90 Å². The van der Waals surface area contributed by atoms with Gasteiger partial charge in [-0.2, -0.15) is 0 Å². The van der Waals surface area contributed by atoms with Crippen LogP contribution in [0.15, 0.2) is 42.5 Å². The number of morpholine rings is 1. The van der Waals surface area contributed by atoms with E-state index in [4.69, 9.17) is 37.8 Å². The van der Waals surface area contributed by atoms with Gasteiger partial charge in [-0.25, -0.2) is 4.79 Å². The summed E-state index contributed by atoms with van der Waals surface area (Å²) in [5.41, 5.74) is 0.856. The Morgan fingerprint density at radius 3 is 2.47 bits per heavy atom. The number of amides is 2. The molecule has 1 heterocycles. The van der Waals surface area contributed by atoms with Gasteiger partial charge in [0.1, 0.15) is 6.10 Å². The number of carbonyl (C=O) groups is 4. The third kappa shape index (κ3) is 6.77. The van der Waals surface area contributed by atoms with Crippen molar-refractivity contribution < 1.29 is 33.8 Å². The van der Waals surface area contributed by atoms with Gasteiger partial charge in [-0.15, -0.1) is 0 Å². The number of esters is 1. The molecule has 2 aromatic carbocycles. The van der Waals surface area contributed by atoms with Crippen LogP contribution >= 0.6 is 23.2 Å². The Bertz CT molecular complexity index is 1070. The number of hydrogen-bond donors (Lipinski definition) is 2. The van der Waals surface area contributed by atoms with E-state index >= 15 is 0 Å². The highest BCUT2D eigenvalue weighted by Crippen LogP contribution is 2.23. The number of ketones is 1. The smallest absolute Gasteiger partial charge is 0.338 e. The molecule has 0 saturated carbocycles. The van der Waals surface area contributed by atoms with Crippen LogP contribution in [0.5, 0.6) is 0 Å². The molecule has 1 fully saturated rings. The van der Waals surface area contributed by atoms with Gasteiger partial charge < -0.3 is 24.8 Å². The van der Waals surface area contributed by atoms with Gasteiger partial charge in [0.15, 0.2) is 12.4 Å². The van der Waals surface area contributed by atoms with Crippen LogP contribution in [0.25, 0.3) is 0 Å². The van der Waals surface area contributed by atoms with E-state index in [2.05, 4.69) is 5.32 Å². The number of hydrogen-bond acceptors (Lipinski definition) is 7. The van der Waals surface area contributed by atoms with E-state index < -0.39 is 30.4 Å². The summed E-state index contributed by atoms with van der Waals surface area (Å²) in [6.45, 7) is 0.208. The Kier molecular flexibility index (Phi) is 9.00. The fraction of sp³-hybridized carbons (Fsp3) is 0.304. The second kappa shape index (κ2) is 11.9. The highest BCUT2D eigenvalue weighted by molar-refractivity contribution is 6.42. The molecule has 0 aromatic heterocycles. The number of nitrogens with zero attached hydrogens (tertiary/aromatic N) is 1. The summed E-state index contributed by atoms with van der Waals surface area (Å²) in [6, 6.07) is 10.2. The van der Waals surface area contributed by atoms with Crippen molar-refractivity contribution >= 4 is 52.5 Å². The molecule has 2 N–H and O–H groups in total. The number of nitrogens with one attached hydrogen (secondary N) is 1. The van der Waals surface area contributed by atoms with Crippen molar-refractivity contribution in [3.05, 3.63) is 63.6 Å². The predicted molar refractivity (Wildman–Crippen MR) is 124 cm³/mol. The lowest BCUT2D eigenvalue weighted by Crippen LogP contribution is -2.49. The maximum Gasteiger partial charge on any atom is 0.338 e. The SMILES string of the molecule is O=C(CC1OCCN(CCO)C1=O)Nc1ccc(C(=O)OCC(=O)c2ccc(Cl)c(Cl)c2)cc1. The van der Waals surface area contributed by atoms with Crippen LogP contribution in [0.2, 0.25) is 10.0 Å². The Hall–Kier alpha value is -2.98. The summed E-state index contributed by atoms with van der Waals surface area (Å²) < 4.78 is 10.4. The average molecular weight is 509 g/mol. The molecular weight excluding hydrogens is 487 g/mol. The number of rotatable bonds is 9. The first-order valence-electron chi connectivity index (χ1n) is 10.3. The maximum atomic E-state index is 12.3. The molecule has 0 bridgehead atoms. The van der Waals surface area contributed by atoms with Crippen LogP contribution in [-0.4, -0.2) is 72.6 Å². The number of benzene rings is 2. The van der Waals surface area contributed by atoms with Crippen LogP contribution in [0, 0.1) is 0 Å². The fourth-order valence-corrected chi connectivity index (χ4v) is 3.51. The first-order chi connectivity index (χ1) is 16.3. The number of carbonyl (C=O) groups excluding carboxylic acids is 4. The minimum absolute atomic E-state index is 0.164. The number of β-amino-alcohol motifs (C(OH)–C–C–N with tert-alkyl or cyclic N) is 1. The average Bonchev–Trinajstić information content (AvgIpc) is 2.82. The molecule has 9 nitrogen and oxygen atoms in total. The van der Waals surface area contributed by atoms with Gasteiger partial charge in [-0.1, -0.05) is 23.2 Å². The molecule has 0 spiro atoms. The molecule has 1 unspecified atom stereocenters. The summed E-state index contributed by atoms with van der Waals surface area (Å²) in [5, 5.41) is 12.2. The topological polar surface area (TPSA) is 122 Å². The van der Waals surface area contributed by atoms with Crippen molar-refractivity contribution in [3.8, 4) is 0 Å². The van der Waals surface area contributed by atoms with E-state index in [9.17, 15) is 19.2 Å². The van der Waals surface area contributed by atoms with Crippen molar-refractivity contribution in [1.29, 1.82) is 0 Å². The van der Waals surface area contributed by atoms with Gasteiger partial charge in [0.2, 0.25) is 5.91 Å². The lowest BCUT2D eigenvalue weighted by molar-refractivity contribution is -0.155. The molecule has 1 atom stereocenters. The van der Waals surface area contributed by atoms with Crippen LogP contribution < -0.4 is 5.32 Å². The zero-order chi connectivity index (χ0) is 24.7. The molecule has 2 aromatic rings. The largest absolute Gasteiger partial charge is 0.454 e. The fourth-order valence-electron chi connectivity index (χ4n) is 3.22. The van der Waals surface area contributed by atoms with Crippen LogP contribution in [-0.2, 0) is 19.1 Å². The van der Waals surface area contributed by atoms with Crippen molar-refractivity contribution in [2.45, 2.75) is 12.5 Å². The Morgan fingerprint density at radius 2 is 1.79 bits per heavy atom. The second-order valence-electron chi connectivity index (χ2n) is 7.37. The molecule has 3 rings (SSSR count). The van der Waals surface area contributed by atoms with Crippen molar-refractivity contribution in [3.63, 3.8) is 0 Å². The lowest BCUT2D eigenvalue weighted by Gasteiger charge is -2.31. The molecule has 2 amide bonds. The standard InChI is InChI=1S/C23H22Cl2N2O7/c24-17-6-3-15(11-18(17)25)19(29)13-34-23(32)14-1-4-16(5-2-14)26-21(30)12-20-22(31)27(7-9-28)8-10-33-20/h1-6,11,20,28H,7-10,12-13H2,(H,26,30). The van der Waals surface area contributed by atoms with Crippen LogP contribution in [0.3, 0.4) is 0 Å². The van der Waals surface area contributed by atoms with Crippen LogP contribution in [0.4, 0.5) is 5.69 Å². The number of halogens is 2. The van der Waals surface area contributed by atoms with Gasteiger partial charge in [-0.3, -0.25) is 14.4 Å². The summed E-state index contributed by atoms with van der Waals surface area (Å²) >= 11 is 11.7. The normalized spacial score (nSPS) is 15.7. The first kappa shape index (κ1) is 25.6. The van der Waals surface area contributed by atoms with E-state index in [1.54, 1.807) is 0 Å². The summed E-state index contributed by atoms with van der Waals surface area (Å²) in [5.74, 6) is -1.93. The third-order valence-corrected chi connectivity index (χ3v) is 5.73. The van der Waals surface area contributed by atoms with Gasteiger partial charge in [0.25, 0.3) is 5.91 Å².